The molecule has 0 amide bonds. The maximum atomic E-state index is 12.8. The van der Waals surface area contributed by atoms with Crippen LogP contribution in [0.1, 0.15) is 5.56 Å². The first-order valence-corrected chi connectivity index (χ1v) is 7.43. The average molecular weight is 366 g/mol. The lowest BCUT2D eigenvalue weighted by atomic mass is 10.2. The Bertz CT molecular complexity index is 871. The fourth-order valence-corrected chi connectivity index (χ4v) is 2.13. The van der Waals surface area contributed by atoms with Crippen molar-refractivity contribution in [3.8, 4) is 0 Å². The summed E-state index contributed by atoms with van der Waals surface area (Å²) in [6.45, 7) is 0. The van der Waals surface area contributed by atoms with Gasteiger partial charge in [-0.1, -0.05) is 17.7 Å². The molecule has 0 bridgehead atoms. The van der Waals surface area contributed by atoms with Gasteiger partial charge in [-0.05, 0) is 30.3 Å². The van der Waals surface area contributed by atoms with Crippen LogP contribution in [0.5, 0.6) is 0 Å². The van der Waals surface area contributed by atoms with E-state index in [1.165, 1.54) is 18.3 Å². The fourth-order valence-electron chi connectivity index (χ4n) is 1.99. The number of rotatable bonds is 4. The van der Waals surface area contributed by atoms with Crippen LogP contribution in [0.25, 0.3) is 0 Å². The molecule has 3 rings (SSSR count). The second-order valence-electron chi connectivity index (χ2n) is 4.95. The molecule has 1 aromatic carbocycles. The first-order chi connectivity index (χ1) is 11.9. The zero-order valence-electron chi connectivity index (χ0n) is 12.5. The molecule has 2 N–H and O–H groups in total. The highest BCUT2D eigenvalue weighted by atomic mass is 35.5. The van der Waals surface area contributed by atoms with Crippen LogP contribution in [0.2, 0.25) is 5.02 Å². The summed E-state index contributed by atoms with van der Waals surface area (Å²) in [4.78, 5) is 12.1. The van der Waals surface area contributed by atoms with E-state index in [2.05, 4.69) is 25.6 Å². The minimum atomic E-state index is -4.43. The van der Waals surface area contributed by atoms with Crippen LogP contribution in [0, 0.1) is 0 Å². The van der Waals surface area contributed by atoms with Crippen molar-refractivity contribution >= 4 is 34.7 Å². The van der Waals surface area contributed by atoms with Crippen LogP contribution in [0.15, 0.2) is 55.0 Å². The molecule has 0 radical (unpaired) electrons. The van der Waals surface area contributed by atoms with Crippen molar-refractivity contribution < 1.29 is 13.2 Å². The molecular weight excluding hydrogens is 355 g/mol. The summed E-state index contributed by atoms with van der Waals surface area (Å²) in [5.74, 6) is 0.428. The van der Waals surface area contributed by atoms with Gasteiger partial charge >= 0.3 is 6.18 Å². The van der Waals surface area contributed by atoms with Crippen molar-refractivity contribution in [1.82, 2.24) is 15.0 Å². The van der Waals surface area contributed by atoms with Gasteiger partial charge < -0.3 is 10.6 Å². The molecule has 0 unspecified atom stereocenters. The number of alkyl halides is 3. The van der Waals surface area contributed by atoms with E-state index < -0.39 is 11.7 Å². The van der Waals surface area contributed by atoms with E-state index in [0.29, 0.717) is 5.69 Å². The second kappa shape index (κ2) is 6.94. The van der Waals surface area contributed by atoms with E-state index in [1.54, 1.807) is 24.5 Å². The Labute approximate surface area is 145 Å². The number of nitrogens with one attached hydrogen (secondary N) is 2. The summed E-state index contributed by atoms with van der Waals surface area (Å²) in [5.41, 5.74) is 0.158. The number of benzene rings is 1. The van der Waals surface area contributed by atoms with Gasteiger partial charge in [0.15, 0.2) is 5.82 Å². The number of nitrogens with zero attached hydrogens (tertiary/aromatic N) is 3. The Morgan fingerprint density at radius 2 is 1.72 bits per heavy atom. The lowest BCUT2D eigenvalue weighted by molar-refractivity contribution is -0.137. The standard InChI is InChI=1S/C16H11ClF3N5/c17-13-9-22-15(24-11-4-6-21-7-5-11)25-14(13)23-12-3-1-2-10(8-12)16(18,19)20/h1-9H,(H2,21,22,23,24,25). The highest BCUT2D eigenvalue weighted by Gasteiger charge is 2.30. The molecule has 0 atom stereocenters. The summed E-state index contributed by atoms with van der Waals surface area (Å²) >= 11 is 6.03. The molecule has 0 aliphatic heterocycles. The SMILES string of the molecule is FC(F)(F)c1cccc(Nc2nc(Nc3ccncc3)ncc2Cl)c1. The van der Waals surface area contributed by atoms with Gasteiger partial charge in [-0.15, -0.1) is 0 Å². The Hall–Kier alpha value is -2.87. The molecule has 3 aromatic rings. The third kappa shape index (κ3) is 4.36. The normalized spacial score (nSPS) is 11.2. The van der Waals surface area contributed by atoms with Gasteiger partial charge in [0.05, 0.1) is 11.8 Å². The van der Waals surface area contributed by atoms with Gasteiger partial charge in [-0.2, -0.15) is 18.2 Å². The molecule has 5 nitrogen and oxygen atoms in total. The van der Waals surface area contributed by atoms with Crippen LogP contribution in [-0.2, 0) is 6.18 Å². The van der Waals surface area contributed by atoms with Gasteiger partial charge in [0, 0.05) is 23.8 Å². The Kier molecular flexibility index (Phi) is 4.71. The minimum absolute atomic E-state index is 0.178. The predicted molar refractivity (Wildman–Crippen MR) is 89.3 cm³/mol. The lowest BCUT2D eigenvalue weighted by Gasteiger charge is -2.12. The maximum absolute atomic E-state index is 12.8. The Morgan fingerprint density at radius 1 is 0.960 bits per heavy atom. The molecule has 0 saturated carbocycles. The molecule has 25 heavy (non-hydrogen) atoms. The van der Waals surface area contributed by atoms with E-state index in [4.69, 9.17) is 11.6 Å². The van der Waals surface area contributed by atoms with Crippen molar-refractivity contribution in [3.63, 3.8) is 0 Å². The molecule has 0 aliphatic rings. The first-order valence-electron chi connectivity index (χ1n) is 7.06. The third-order valence-corrected chi connectivity index (χ3v) is 3.41. The monoisotopic (exact) mass is 365 g/mol. The number of hydrogen-bond donors (Lipinski definition) is 2. The lowest BCUT2D eigenvalue weighted by Crippen LogP contribution is -2.06. The van der Waals surface area contributed by atoms with Crippen LogP contribution >= 0.6 is 11.6 Å². The second-order valence-corrected chi connectivity index (χ2v) is 5.36. The van der Waals surface area contributed by atoms with Crippen molar-refractivity contribution in [3.05, 3.63) is 65.6 Å². The summed E-state index contributed by atoms with van der Waals surface area (Å²) in [6, 6.07) is 8.20. The molecule has 9 heteroatoms. The topological polar surface area (TPSA) is 62.7 Å². The van der Waals surface area contributed by atoms with Gasteiger partial charge in [0.1, 0.15) is 5.02 Å². The zero-order valence-corrected chi connectivity index (χ0v) is 13.3. The fraction of sp³-hybridized carbons (Fsp3) is 0.0625. The van der Waals surface area contributed by atoms with Crippen molar-refractivity contribution in [2.45, 2.75) is 6.18 Å². The minimum Gasteiger partial charge on any atom is -0.339 e. The van der Waals surface area contributed by atoms with Gasteiger partial charge in [-0.25, -0.2) is 4.98 Å². The Morgan fingerprint density at radius 3 is 2.44 bits per heavy atom. The van der Waals surface area contributed by atoms with E-state index in [0.717, 1.165) is 12.1 Å². The summed E-state index contributed by atoms with van der Waals surface area (Å²) in [6.07, 6.45) is 0.120. The number of halogens is 4. The summed E-state index contributed by atoms with van der Waals surface area (Å²) in [7, 11) is 0. The molecule has 0 saturated heterocycles. The molecule has 128 valence electrons. The number of hydrogen-bond acceptors (Lipinski definition) is 5. The quantitative estimate of drug-likeness (QED) is 0.679. The third-order valence-electron chi connectivity index (χ3n) is 3.13. The van der Waals surface area contributed by atoms with E-state index >= 15 is 0 Å². The van der Waals surface area contributed by atoms with Gasteiger partial charge in [0.2, 0.25) is 5.95 Å². The van der Waals surface area contributed by atoms with Gasteiger partial charge in [0.25, 0.3) is 0 Å². The molecule has 0 fully saturated rings. The highest BCUT2D eigenvalue weighted by Crippen LogP contribution is 2.32. The smallest absolute Gasteiger partial charge is 0.339 e. The van der Waals surface area contributed by atoms with Crippen LogP contribution < -0.4 is 10.6 Å². The molecule has 2 aromatic heterocycles. The molecular formula is C16H11ClF3N5. The number of anilines is 4. The molecule has 2 heterocycles. The first kappa shape index (κ1) is 17.0. The summed E-state index contributed by atoms with van der Waals surface area (Å²) in [5, 5.41) is 5.91. The highest BCUT2D eigenvalue weighted by molar-refractivity contribution is 6.32. The molecule has 0 aliphatic carbocycles. The average Bonchev–Trinajstić information content (AvgIpc) is 2.58. The predicted octanol–water partition coefficient (Wildman–Crippen LogP) is 5.03. The number of aromatic nitrogens is 3. The van der Waals surface area contributed by atoms with Gasteiger partial charge in [-0.3, -0.25) is 4.98 Å². The van der Waals surface area contributed by atoms with Crippen LogP contribution in [-0.4, -0.2) is 15.0 Å². The largest absolute Gasteiger partial charge is 0.416 e. The van der Waals surface area contributed by atoms with Crippen molar-refractivity contribution in [2.75, 3.05) is 10.6 Å². The van der Waals surface area contributed by atoms with E-state index in [-0.39, 0.29) is 22.5 Å². The van der Waals surface area contributed by atoms with E-state index in [1.807, 2.05) is 0 Å². The zero-order chi connectivity index (χ0) is 17.9. The Balaban J connectivity index is 1.84. The maximum Gasteiger partial charge on any atom is 0.416 e. The van der Waals surface area contributed by atoms with Crippen molar-refractivity contribution in [2.24, 2.45) is 0 Å². The summed E-state index contributed by atoms with van der Waals surface area (Å²) < 4.78 is 38.4. The van der Waals surface area contributed by atoms with E-state index in [9.17, 15) is 13.2 Å². The number of pyridine rings is 1. The van der Waals surface area contributed by atoms with Crippen LogP contribution in [0.4, 0.5) is 36.3 Å². The molecule has 0 spiro atoms. The van der Waals surface area contributed by atoms with Crippen LogP contribution in [0.3, 0.4) is 0 Å². The van der Waals surface area contributed by atoms with Crippen molar-refractivity contribution in [1.29, 1.82) is 0 Å².